The number of carbonyl (C=O) groups is 1. The molecule has 1 N–H and O–H groups in total. The van der Waals surface area contributed by atoms with Crippen LogP contribution < -0.4 is 5.32 Å². The molecule has 1 aliphatic carbocycles. The lowest BCUT2D eigenvalue weighted by Gasteiger charge is -2.40. The number of carbonyl (C=O) groups excluding carboxylic acids is 1. The molecule has 1 aliphatic rings. The Morgan fingerprint density at radius 1 is 1.37 bits per heavy atom. The molecule has 1 fully saturated rings. The van der Waals surface area contributed by atoms with E-state index < -0.39 is 0 Å². The van der Waals surface area contributed by atoms with Gasteiger partial charge in [-0.1, -0.05) is 37.3 Å². The number of hydrogen-bond acceptors (Lipinski definition) is 3. The second-order valence-electron chi connectivity index (χ2n) is 5.79. The Bertz CT molecular complexity index is 412. The van der Waals surface area contributed by atoms with Crippen LogP contribution >= 0.6 is 0 Å². The van der Waals surface area contributed by atoms with Crippen LogP contribution in [0.3, 0.4) is 0 Å². The predicted octanol–water partition coefficient (Wildman–Crippen LogP) is 2.90. The maximum absolute atomic E-state index is 11.9. The largest absolute Gasteiger partial charge is 0.461 e. The number of rotatable bonds is 6. The number of nitrogens with one attached hydrogen (secondary N) is 1. The van der Waals surface area contributed by atoms with Crippen molar-refractivity contribution in [2.75, 3.05) is 6.54 Å². The van der Waals surface area contributed by atoms with Gasteiger partial charge in [-0.15, -0.1) is 0 Å². The summed E-state index contributed by atoms with van der Waals surface area (Å²) < 4.78 is 5.33. The van der Waals surface area contributed by atoms with Gasteiger partial charge >= 0.3 is 5.97 Å². The van der Waals surface area contributed by atoms with Gasteiger partial charge in [0.25, 0.3) is 0 Å². The third-order valence-electron chi connectivity index (χ3n) is 3.92. The molecule has 104 valence electrons. The molecule has 2 rings (SSSR count). The van der Waals surface area contributed by atoms with Crippen LogP contribution in [-0.4, -0.2) is 18.1 Å². The van der Waals surface area contributed by atoms with Crippen molar-refractivity contribution >= 4 is 5.97 Å². The van der Waals surface area contributed by atoms with Crippen molar-refractivity contribution in [3.8, 4) is 0 Å². The fourth-order valence-electron chi connectivity index (χ4n) is 2.24. The molecule has 1 atom stereocenters. The first kappa shape index (κ1) is 14.1. The van der Waals surface area contributed by atoms with Gasteiger partial charge in [-0.3, -0.25) is 4.79 Å². The summed E-state index contributed by atoms with van der Waals surface area (Å²) in [7, 11) is 0. The van der Waals surface area contributed by atoms with Crippen molar-refractivity contribution in [3.05, 3.63) is 35.9 Å². The Morgan fingerprint density at radius 2 is 2.05 bits per heavy atom. The molecule has 19 heavy (non-hydrogen) atoms. The Labute approximate surface area is 115 Å². The molecule has 1 unspecified atom stereocenters. The van der Waals surface area contributed by atoms with Crippen molar-refractivity contribution in [2.24, 2.45) is 5.92 Å². The van der Waals surface area contributed by atoms with Crippen LogP contribution in [0.15, 0.2) is 30.3 Å². The van der Waals surface area contributed by atoms with E-state index >= 15 is 0 Å². The van der Waals surface area contributed by atoms with E-state index in [9.17, 15) is 4.79 Å². The minimum Gasteiger partial charge on any atom is -0.461 e. The molecule has 0 heterocycles. The molecule has 1 aromatic carbocycles. The van der Waals surface area contributed by atoms with Gasteiger partial charge in [0.1, 0.15) is 6.61 Å². The normalized spacial score (nSPS) is 18.4. The molecular formula is C16H23NO2. The minimum atomic E-state index is -0.126. The number of hydrogen-bond donors (Lipinski definition) is 1. The molecule has 0 spiro atoms. The van der Waals surface area contributed by atoms with E-state index in [1.165, 1.54) is 19.3 Å². The van der Waals surface area contributed by atoms with Gasteiger partial charge in [0.15, 0.2) is 0 Å². The molecule has 0 radical (unpaired) electrons. The Balaban J connectivity index is 1.70. The number of esters is 1. The molecule has 0 bridgehead atoms. The second kappa shape index (κ2) is 6.20. The van der Waals surface area contributed by atoms with Crippen molar-refractivity contribution in [1.29, 1.82) is 0 Å². The van der Waals surface area contributed by atoms with E-state index in [-0.39, 0.29) is 17.4 Å². The van der Waals surface area contributed by atoms with Crippen molar-refractivity contribution in [1.82, 2.24) is 5.32 Å². The molecule has 3 nitrogen and oxygen atoms in total. The lowest BCUT2D eigenvalue weighted by atomic mass is 9.78. The molecular weight excluding hydrogens is 238 g/mol. The highest BCUT2D eigenvalue weighted by molar-refractivity contribution is 5.72. The van der Waals surface area contributed by atoms with E-state index in [4.69, 9.17) is 4.74 Å². The zero-order valence-corrected chi connectivity index (χ0v) is 11.8. The third kappa shape index (κ3) is 4.06. The summed E-state index contributed by atoms with van der Waals surface area (Å²) >= 11 is 0. The summed E-state index contributed by atoms with van der Waals surface area (Å²) in [6.07, 6.45) is 3.70. The average molecular weight is 261 g/mol. The topological polar surface area (TPSA) is 38.3 Å². The van der Waals surface area contributed by atoms with Crippen LogP contribution in [0.5, 0.6) is 0 Å². The first-order chi connectivity index (χ1) is 9.09. The zero-order valence-electron chi connectivity index (χ0n) is 11.8. The quantitative estimate of drug-likeness (QED) is 0.800. The van der Waals surface area contributed by atoms with Gasteiger partial charge < -0.3 is 10.1 Å². The first-order valence-electron chi connectivity index (χ1n) is 7.05. The third-order valence-corrected chi connectivity index (χ3v) is 3.92. The summed E-state index contributed by atoms with van der Waals surface area (Å²) in [5.41, 5.74) is 1.27. The van der Waals surface area contributed by atoms with Gasteiger partial charge in [0, 0.05) is 12.1 Å². The lowest BCUT2D eigenvalue weighted by molar-refractivity contribution is -0.149. The SMILES string of the molecule is CC(CNC1(C)CCC1)C(=O)OCc1ccccc1. The Kier molecular flexibility index (Phi) is 4.59. The van der Waals surface area contributed by atoms with Crippen LogP contribution in [0.4, 0.5) is 0 Å². The number of benzene rings is 1. The van der Waals surface area contributed by atoms with Gasteiger partial charge in [-0.05, 0) is 31.7 Å². The second-order valence-corrected chi connectivity index (χ2v) is 5.79. The van der Waals surface area contributed by atoms with E-state index in [0.717, 1.165) is 5.56 Å². The molecule has 1 aromatic rings. The highest BCUT2D eigenvalue weighted by Gasteiger charge is 2.31. The smallest absolute Gasteiger partial charge is 0.310 e. The molecule has 0 aromatic heterocycles. The summed E-state index contributed by atoms with van der Waals surface area (Å²) in [5, 5.41) is 3.47. The summed E-state index contributed by atoms with van der Waals surface area (Å²) in [6, 6.07) is 9.78. The van der Waals surface area contributed by atoms with E-state index in [2.05, 4.69) is 12.2 Å². The number of ether oxygens (including phenoxy) is 1. The summed E-state index contributed by atoms with van der Waals surface area (Å²) in [6.45, 7) is 5.20. The van der Waals surface area contributed by atoms with Crippen LogP contribution in [0, 0.1) is 5.92 Å². The summed E-state index contributed by atoms with van der Waals surface area (Å²) in [4.78, 5) is 11.9. The molecule has 0 saturated heterocycles. The van der Waals surface area contributed by atoms with Crippen molar-refractivity contribution in [2.45, 2.75) is 45.3 Å². The minimum absolute atomic E-state index is 0.0962. The Hall–Kier alpha value is -1.35. The van der Waals surface area contributed by atoms with Crippen molar-refractivity contribution in [3.63, 3.8) is 0 Å². The maximum Gasteiger partial charge on any atom is 0.310 e. The van der Waals surface area contributed by atoms with E-state index in [1.54, 1.807) is 0 Å². The fraction of sp³-hybridized carbons (Fsp3) is 0.562. The Morgan fingerprint density at radius 3 is 2.63 bits per heavy atom. The van der Waals surface area contributed by atoms with Gasteiger partial charge in [-0.2, -0.15) is 0 Å². The highest BCUT2D eigenvalue weighted by atomic mass is 16.5. The van der Waals surface area contributed by atoms with Gasteiger partial charge in [0.2, 0.25) is 0 Å². The van der Waals surface area contributed by atoms with Gasteiger partial charge in [-0.25, -0.2) is 0 Å². The fourth-order valence-corrected chi connectivity index (χ4v) is 2.24. The first-order valence-corrected chi connectivity index (χ1v) is 7.05. The summed E-state index contributed by atoms with van der Waals surface area (Å²) in [5.74, 6) is -0.222. The zero-order chi connectivity index (χ0) is 13.7. The highest BCUT2D eigenvalue weighted by Crippen LogP contribution is 2.30. The molecule has 3 heteroatoms. The standard InChI is InChI=1S/C16H23NO2/c1-13(11-17-16(2)9-6-10-16)15(18)19-12-14-7-4-3-5-8-14/h3-5,7-8,13,17H,6,9-12H2,1-2H3. The lowest BCUT2D eigenvalue weighted by Crippen LogP contribution is -2.50. The average Bonchev–Trinajstić information content (AvgIpc) is 2.41. The van der Waals surface area contributed by atoms with E-state index in [1.807, 2.05) is 37.3 Å². The van der Waals surface area contributed by atoms with Crippen LogP contribution in [0.25, 0.3) is 0 Å². The van der Waals surface area contributed by atoms with Crippen LogP contribution in [0.1, 0.15) is 38.7 Å². The van der Waals surface area contributed by atoms with Crippen LogP contribution in [0.2, 0.25) is 0 Å². The van der Waals surface area contributed by atoms with Gasteiger partial charge in [0.05, 0.1) is 5.92 Å². The molecule has 0 amide bonds. The molecule has 0 aliphatic heterocycles. The van der Waals surface area contributed by atoms with Crippen molar-refractivity contribution < 1.29 is 9.53 Å². The predicted molar refractivity (Wildman–Crippen MR) is 75.7 cm³/mol. The van der Waals surface area contributed by atoms with Crippen LogP contribution in [-0.2, 0) is 16.1 Å². The molecule has 1 saturated carbocycles. The maximum atomic E-state index is 11.9. The van der Waals surface area contributed by atoms with E-state index in [0.29, 0.717) is 13.2 Å². The monoisotopic (exact) mass is 261 g/mol.